The molecule has 1 aromatic carbocycles. The lowest BCUT2D eigenvalue weighted by atomic mass is 10.0. The van der Waals surface area contributed by atoms with Gasteiger partial charge in [0.25, 0.3) is 0 Å². The Morgan fingerprint density at radius 3 is 2.89 bits per heavy atom. The second-order valence-corrected chi connectivity index (χ2v) is 8.33. The standard InChI is InChI=1S/C14H16N2S2/c15-11-3-1-2-10-9-16-5-4-14(17-6-7-18-14)8-12(16)13(10)11/h1-3,9H,4-8,15H2. The highest BCUT2D eigenvalue weighted by Crippen LogP contribution is 2.51. The van der Waals surface area contributed by atoms with Crippen LogP contribution in [-0.4, -0.2) is 20.2 Å². The van der Waals surface area contributed by atoms with Crippen molar-refractivity contribution in [3.05, 3.63) is 30.1 Å². The van der Waals surface area contributed by atoms with Crippen molar-refractivity contribution in [3.8, 4) is 0 Å². The number of benzene rings is 1. The molecule has 1 spiro atoms. The first-order chi connectivity index (χ1) is 8.77. The van der Waals surface area contributed by atoms with Gasteiger partial charge in [-0.3, -0.25) is 0 Å². The average molecular weight is 276 g/mol. The molecule has 2 aliphatic heterocycles. The quantitative estimate of drug-likeness (QED) is 0.749. The summed E-state index contributed by atoms with van der Waals surface area (Å²) in [6, 6.07) is 6.26. The second kappa shape index (κ2) is 3.87. The Labute approximate surface area is 115 Å². The first kappa shape index (κ1) is 11.1. The van der Waals surface area contributed by atoms with E-state index in [0.717, 1.165) is 12.2 Å². The molecular formula is C14H16N2S2. The van der Waals surface area contributed by atoms with Gasteiger partial charge in [-0.1, -0.05) is 12.1 Å². The number of fused-ring (bicyclic) bond motifs is 3. The number of nitrogens with zero attached hydrogens (tertiary/aromatic N) is 1. The molecule has 2 nitrogen and oxygen atoms in total. The van der Waals surface area contributed by atoms with E-state index in [9.17, 15) is 0 Å². The minimum Gasteiger partial charge on any atom is -0.398 e. The number of thioether (sulfide) groups is 2. The van der Waals surface area contributed by atoms with Crippen LogP contribution < -0.4 is 5.73 Å². The summed E-state index contributed by atoms with van der Waals surface area (Å²) in [5.74, 6) is 2.61. The SMILES string of the molecule is Nc1cccc2cn3c(c12)CC1(CC3)SCCS1. The fourth-order valence-corrected chi connectivity index (χ4v) is 6.38. The summed E-state index contributed by atoms with van der Waals surface area (Å²) in [4.78, 5) is 0. The van der Waals surface area contributed by atoms with Gasteiger partial charge >= 0.3 is 0 Å². The highest BCUT2D eigenvalue weighted by Gasteiger charge is 2.39. The summed E-state index contributed by atoms with van der Waals surface area (Å²) in [6.45, 7) is 1.14. The Morgan fingerprint density at radius 1 is 1.22 bits per heavy atom. The maximum Gasteiger partial charge on any atom is 0.0683 e. The van der Waals surface area contributed by atoms with Crippen LogP contribution in [0.1, 0.15) is 12.1 Å². The number of nitrogens with two attached hydrogens (primary N) is 1. The van der Waals surface area contributed by atoms with Gasteiger partial charge in [0.15, 0.2) is 0 Å². The molecule has 0 aliphatic carbocycles. The van der Waals surface area contributed by atoms with Crippen LogP contribution in [0.5, 0.6) is 0 Å². The van der Waals surface area contributed by atoms with Crippen molar-refractivity contribution in [1.82, 2.24) is 4.57 Å². The van der Waals surface area contributed by atoms with E-state index in [-0.39, 0.29) is 0 Å². The zero-order valence-corrected chi connectivity index (χ0v) is 11.8. The summed E-state index contributed by atoms with van der Waals surface area (Å²) in [5, 5.41) is 2.60. The van der Waals surface area contributed by atoms with Crippen molar-refractivity contribution in [2.75, 3.05) is 17.2 Å². The Hall–Kier alpha value is -0.740. The highest BCUT2D eigenvalue weighted by molar-refractivity contribution is 8.21. The van der Waals surface area contributed by atoms with E-state index in [1.54, 1.807) is 0 Å². The Bertz CT molecular complexity index is 612. The van der Waals surface area contributed by atoms with E-state index in [1.165, 1.54) is 40.8 Å². The van der Waals surface area contributed by atoms with E-state index in [0.29, 0.717) is 4.08 Å². The second-order valence-electron chi connectivity index (χ2n) is 5.12. The number of hydrogen-bond acceptors (Lipinski definition) is 3. The summed E-state index contributed by atoms with van der Waals surface area (Å²) >= 11 is 4.31. The van der Waals surface area contributed by atoms with Gasteiger partial charge in [-0.05, 0) is 12.5 Å². The van der Waals surface area contributed by atoms with Crippen molar-refractivity contribution < 1.29 is 0 Å². The van der Waals surface area contributed by atoms with Crippen LogP contribution in [-0.2, 0) is 13.0 Å². The first-order valence-corrected chi connectivity index (χ1v) is 8.39. The number of aromatic nitrogens is 1. The Kier molecular flexibility index (Phi) is 2.39. The normalized spacial score (nSPS) is 21.6. The monoisotopic (exact) mass is 276 g/mol. The van der Waals surface area contributed by atoms with Crippen LogP contribution in [0.4, 0.5) is 5.69 Å². The van der Waals surface area contributed by atoms with Gasteiger partial charge in [-0.15, -0.1) is 23.5 Å². The van der Waals surface area contributed by atoms with E-state index in [4.69, 9.17) is 5.73 Å². The van der Waals surface area contributed by atoms with Crippen molar-refractivity contribution in [3.63, 3.8) is 0 Å². The van der Waals surface area contributed by atoms with Crippen LogP contribution in [0.2, 0.25) is 0 Å². The first-order valence-electron chi connectivity index (χ1n) is 6.42. The van der Waals surface area contributed by atoms with Gasteiger partial charge in [0, 0.05) is 52.8 Å². The minimum atomic E-state index is 0.434. The molecule has 2 aliphatic rings. The molecule has 94 valence electrons. The number of anilines is 1. The summed E-state index contributed by atoms with van der Waals surface area (Å²) in [7, 11) is 0. The number of aryl methyl sites for hydroxylation is 1. The molecule has 18 heavy (non-hydrogen) atoms. The maximum absolute atomic E-state index is 6.18. The molecule has 0 amide bonds. The molecule has 4 heteroatoms. The van der Waals surface area contributed by atoms with Gasteiger partial charge in [0.05, 0.1) is 4.08 Å². The van der Waals surface area contributed by atoms with E-state index >= 15 is 0 Å². The van der Waals surface area contributed by atoms with Crippen LogP contribution in [0.15, 0.2) is 24.4 Å². The Morgan fingerprint density at radius 2 is 2.06 bits per heavy atom. The molecular weight excluding hydrogens is 260 g/mol. The fourth-order valence-electron chi connectivity index (χ4n) is 3.19. The lowest BCUT2D eigenvalue weighted by Gasteiger charge is -2.33. The van der Waals surface area contributed by atoms with Crippen molar-refractivity contribution in [1.29, 1.82) is 0 Å². The maximum atomic E-state index is 6.18. The average Bonchev–Trinajstić information content (AvgIpc) is 2.95. The zero-order valence-electron chi connectivity index (χ0n) is 10.2. The number of rotatable bonds is 0. The smallest absolute Gasteiger partial charge is 0.0683 e. The topological polar surface area (TPSA) is 30.9 Å². The predicted molar refractivity (Wildman–Crippen MR) is 82.3 cm³/mol. The molecule has 0 saturated carbocycles. The molecule has 0 radical (unpaired) electrons. The molecule has 1 aromatic heterocycles. The molecule has 0 bridgehead atoms. The molecule has 2 N–H and O–H groups in total. The molecule has 4 rings (SSSR count). The van der Waals surface area contributed by atoms with Crippen molar-refractivity contribution in [2.45, 2.75) is 23.5 Å². The third kappa shape index (κ3) is 1.51. The highest BCUT2D eigenvalue weighted by atomic mass is 32.2. The van der Waals surface area contributed by atoms with Gasteiger partial charge in [0.2, 0.25) is 0 Å². The van der Waals surface area contributed by atoms with Crippen LogP contribution >= 0.6 is 23.5 Å². The third-order valence-electron chi connectivity index (χ3n) is 4.04. The van der Waals surface area contributed by atoms with Gasteiger partial charge in [0.1, 0.15) is 0 Å². The van der Waals surface area contributed by atoms with Crippen LogP contribution in [0, 0.1) is 0 Å². The summed E-state index contributed by atoms with van der Waals surface area (Å²) in [6.07, 6.45) is 4.73. The van der Waals surface area contributed by atoms with Gasteiger partial charge < -0.3 is 10.3 Å². The molecule has 0 atom stereocenters. The Balaban J connectivity index is 1.89. The van der Waals surface area contributed by atoms with Crippen molar-refractivity contribution in [2.24, 2.45) is 0 Å². The van der Waals surface area contributed by atoms with E-state index in [1.807, 2.05) is 6.07 Å². The van der Waals surface area contributed by atoms with Gasteiger partial charge in [-0.25, -0.2) is 0 Å². The van der Waals surface area contributed by atoms with E-state index in [2.05, 4.69) is 46.4 Å². The predicted octanol–water partition coefficient (Wildman–Crippen LogP) is 3.35. The van der Waals surface area contributed by atoms with Gasteiger partial charge in [-0.2, -0.15) is 0 Å². The summed E-state index contributed by atoms with van der Waals surface area (Å²) < 4.78 is 2.86. The molecule has 0 unspecified atom stereocenters. The van der Waals surface area contributed by atoms with Crippen LogP contribution in [0.25, 0.3) is 10.8 Å². The molecule has 3 heterocycles. The molecule has 2 aromatic rings. The minimum absolute atomic E-state index is 0.434. The third-order valence-corrected chi connectivity index (χ3v) is 7.57. The lowest BCUT2D eigenvalue weighted by molar-refractivity contribution is 0.526. The summed E-state index contributed by atoms with van der Waals surface area (Å²) in [5.41, 5.74) is 8.58. The largest absolute Gasteiger partial charge is 0.398 e. The number of nitrogen functional groups attached to an aromatic ring is 1. The number of hydrogen-bond donors (Lipinski definition) is 1. The van der Waals surface area contributed by atoms with E-state index < -0.39 is 0 Å². The van der Waals surface area contributed by atoms with Crippen molar-refractivity contribution >= 4 is 40.0 Å². The fraction of sp³-hybridized carbons (Fsp3) is 0.429. The zero-order chi connectivity index (χ0) is 12.2. The molecule has 1 saturated heterocycles. The molecule has 1 fully saturated rings. The van der Waals surface area contributed by atoms with Crippen LogP contribution in [0.3, 0.4) is 0 Å². The lowest BCUT2D eigenvalue weighted by Crippen LogP contribution is -2.29.